The van der Waals surface area contributed by atoms with Crippen molar-refractivity contribution in [1.29, 1.82) is 0 Å². The van der Waals surface area contributed by atoms with Crippen LogP contribution in [0.15, 0.2) is 60.3 Å². The third-order valence-electron chi connectivity index (χ3n) is 4.16. The zero-order valence-electron chi connectivity index (χ0n) is 15.0. The van der Waals surface area contributed by atoms with Gasteiger partial charge in [-0.15, -0.1) is 16.8 Å². The highest BCUT2D eigenvalue weighted by Gasteiger charge is 2.27. The highest BCUT2D eigenvalue weighted by atomic mass is 32.2. The second kappa shape index (κ2) is 7.76. The van der Waals surface area contributed by atoms with Gasteiger partial charge in [-0.25, -0.2) is 0 Å². The van der Waals surface area contributed by atoms with Gasteiger partial charge in [0.05, 0.1) is 4.92 Å². The normalized spacial score (nSPS) is 14.6. The SMILES string of the molecule is C=CCSc1nnc2c(n1)O[C@H](c1ccc(O)c([N+](=O)[O-])c1)Nc1ccccc1-2. The molecule has 0 unspecified atom stereocenters. The van der Waals surface area contributed by atoms with E-state index in [9.17, 15) is 15.2 Å². The molecule has 10 heteroatoms. The molecule has 3 aromatic rings. The zero-order chi connectivity index (χ0) is 20.4. The second-order valence-corrected chi connectivity index (χ2v) is 7.03. The highest BCUT2D eigenvalue weighted by molar-refractivity contribution is 7.99. The quantitative estimate of drug-likeness (QED) is 0.279. The molecule has 2 aromatic carbocycles. The molecule has 0 fully saturated rings. The summed E-state index contributed by atoms with van der Waals surface area (Å²) < 4.78 is 6.05. The van der Waals surface area contributed by atoms with E-state index < -0.39 is 22.6 Å². The fourth-order valence-corrected chi connectivity index (χ4v) is 3.36. The van der Waals surface area contributed by atoms with Crippen LogP contribution in [0, 0.1) is 10.1 Å². The van der Waals surface area contributed by atoms with Gasteiger partial charge < -0.3 is 15.2 Å². The van der Waals surface area contributed by atoms with Crippen molar-refractivity contribution in [3.05, 3.63) is 70.8 Å². The number of anilines is 1. The molecule has 0 saturated heterocycles. The molecular formula is C19H15N5O4S. The minimum absolute atomic E-state index is 0.254. The maximum atomic E-state index is 11.2. The number of phenolic OH excluding ortho intramolecular Hbond substituents is 1. The number of hydrogen-bond donors (Lipinski definition) is 2. The molecule has 1 aliphatic rings. The van der Waals surface area contributed by atoms with Crippen LogP contribution in [0.25, 0.3) is 11.3 Å². The van der Waals surface area contributed by atoms with Crippen molar-refractivity contribution in [2.24, 2.45) is 0 Å². The fourth-order valence-electron chi connectivity index (χ4n) is 2.84. The number of thioether (sulfide) groups is 1. The van der Waals surface area contributed by atoms with Crippen molar-refractivity contribution in [2.45, 2.75) is 11.4 Å². The summed E-state index contributed by atoms with van der Waals surface area (Å²) in [5.74, 6) is 0.452. The number of phenols is 1. The lowest BCUT2D eigenvalue weighted by Crippen LogP contribution is -2.17. The van der Waals surface area contributed by atoms with Crippen molar-refractivity contribution in [1.82, 2.24) is 15.2 Å². The molecule has 1 aromatic heterocycles. The number of ether oxygens (including phenoxy) is 1. The lowest BCUT2D eigenvalue weighted by molar-refractivity contribution is -0.386. The van der Waals surface area contributed by atoms with Crippen LogP contribution in [0.3, 0.4) is 0 Å². The van der Waals surface area contributed by atoms with E-state index in [1.807, 2.05) is 24.3 Å². The van der Waals surface area contributed by atoms with Crippen LogP contribution in [0.5, 0.6) is 11.6 Å². The van der Waals surface area contributed by atoms with Crippen LogP contribution in [-0.4, -0.2) is 31.0 Å². The molecular weight excluding hydrogens is 394 g/mol. The minimum atomic E-state index is -0.786. The lowest BCUT2D eigenvalue weighted by atomic mass is 10.1. The van der Waals surface area contributed by atoms with Gasteiger partial charge in [-0.2, -0.15) is 4.98 Å². The van der Waals surface area contributed by atoms with Crippen LogP contribution in [-0.2, 0) is 0 Å². The van der Waals surface area contributed by atoms with E-state index in [-0.39, 0.29) is 5.88 Å². The van der Waals surface area contributed by atoms with Crippen molar-refractivity contribution in [3.63, 3.8) is 0 Å². The Bertz CT molecular complexity index is 1110. The highest BCUT2D eigenvalue weighted by Crippen LogP contribution is 2.40. The van der Waals surface area contributed by atoms with Crippen LogP contribution in [0.4, 0.5) is 11.4 Å². The summed E-state index contributed by atoms with van der Waals surface area (Å²) in [6.45, 7) is 3.68. The summed E-state index contributed by atoms with van der Waals surface area (Å²) >= 11 is 1.36. The average molecular weight is 409 g/mol. The number of benzene rings is 2. The number of aromatic hydroxyl groups is 1. The molecule has 0 bridgehead atoms. The molecule has 2 heterocycles. The summed E-state index contributed by atoms with van der Waals surface area (Å²) in [4.78, 5) is 15.0. The van der Waals surface area contributed by atoms with Gasteiger partial charge in [0.1, 0.15) is 0 Å². The van der Waals surface area contributed by atoms with Gasteiger partial charge in [0.25, 0.3) is 0 Å². The molecule has 4 rings (SSSR count). The third-order valence-corrected chi connectivity index (χ3v) is 5.00. The average Bonchev–Trinajstić information content (AvgIpc) is 2.88. The van der Waals surface area contributed by atoms with Crippen molar-refractivity contribution >= 4 is 23.1 Å². The molecule has 0 radical (unpaired) electrons. The Morgan fingerprint density at radius 2 is 2.14 bits per heavy atom. The number of nitrogens with one attached hydrogen (secondary N) is 1. The Labute approximate surface area is 169 Å². The van der Waals surface area contributed by atoms with Gasteiger partial charge in [-0.1, -0.05) is 36.0 Å². The predicted octanol–water partition coefficient (Wildman–Crippen LogP) is 3.93. The Kier molecular flexibility index (Phi) is 5.00. The summed E-state index contributed by atoms with van der Waals surface area (Å²) in [5, 5.41) is 33.0. The number of nitro groups is 1. The van der Waals surface area contributed by atoms with E-state index in [1.165, 1.54) is 23.9 Å². The van der Waals surface area contributed by atoms with E-state index in [0.29, 0.717) is 22.2 Å². The van der Waals surface area contributed by atoms with Crippen molar-refractivity contribution < 1.29 is 14.8 Å². The van der Waals surface area contributed by atoms with Gasteiger partial charge in [0.15, 0.2) is 17.7 Å². The first-order valence-electron chi connectivity index (χ1n) is 8.55. The Morgan fingerprint density at radius 3 is 2.93 bits per heavy atom. The topological polar surface area (TPSA) is 123 Å². The molecule has 1 aliphatic heterocycles. The number of hydrogen-bond acceptors (Lipinski definition) is 9. The molecule has 146 valence electrons. The maximum absolute atomic E-state index is 11.2. The predicted molar refractivity (Wildman–Crippen MR) is 108 cm³/mol. The van der Waals surface area contributed by atoms with E-state index in [2.05, 4.69) is 27.1 Å². The first kappa shape index (κ1) is 18.7. The minimum Gasteiger partial charge on any atom is -0.502 e. The van der Waals surface area contributed by atoms with Crippen LogP contribution >= 0.6 is 11.8 Å². The standard InChI is InChI=1S/C19H15N5O4S/c1-2-9-29-19-21-18-16(22-23-19)12-5-3-4-6-13(12)20-17(28-18)11-7-8-15(25)14(10-11)24(26)27/h2-8,10,17,20,25H,1,9H2/t17-/m1/s1. The molecule has 0 aliphatic carbocycles. The van der Waals surface area contributed by atoms with E-state index >= 15 is 0 Å². The first-order chi connectivity index (χ1) is 14.1. The summed E-state index contributed by atoms with van der Waals surface area (Å²) in [6.07, 6.45) is 0.946. The number of rotatable bonds is 5. The number of nitro benzene ring substituents is 1. The number of nitrogens with zero attached hydrogens (tertiary/aromatic N) is 4. The largest absolute Gasteiger partial charge is 0.502 e. The number of aromatic nitrogens is 3. The molecule has 1 atom stereocenters. The van der Waals surface area contributed by atoms with Gasteiger partial charge in [-0.3, -0.25) is 10.1 Å². The van der Waals surface area contributed by atoms with Gasteiger partial charge in [0.2, 0.25) is 11.0 Å². The fraction of sp³-hybridized carbons (Fsp3) is 0.105. The lowest BCUT2D eigenvalue weighted by Gasteiger charge is -2.19. The van der Waals surface area contributed by atoms with Crippen LogP contribution in [0.1, 0.15) is 11.8 Å². The number of fused-ring (bicyclic) bond motifs is 3. The molecule has 0 spiro atoms. The smallest absolute Gasteiger partial charge is 0.311 e. The maximum Gasteiger partial charge on any atom is 0.311 e. The Morgan fingerprint density at radius 1 is 1.31 bits per heavy atom. The van der Waals surface area contributed by atoms with Gasteiger partial charge >= 0.3 is 5.69 Å². The van der Waals surface area contributed by atoms with Crippen molar-refractivity contribution in [3.8, 4) is 22.9 Å². The van der Waals surface area contributed by atoms with E-state index in [1.54, 1.807) is 12.1 Å². The summed E-state index contributed by atoms with van der Waals surface area (Å²) in [6, 6.07) is 11.5. The first-order valence-corrected chi connectivity index (χ1v) is 9.53. The van der Waals surface area contributed by atoms with Crippen LogP contribution < -0.4 is 10.1 Å². The van der Waals surface area contributed by atoms with Gasteiger partial charge in [-0.05, 0) is 18.2 Å². The second-order valence-electron chi connectivity index (χ2n) is 6.04. The monoisotopic (exact) mass is 409 g/mol. The molecule has 9 nitrogen and oxygen atoms in total. The molecule has 29 heavy (non-hydrogen) atoms. The third kappa shape index (κ3) is 3.69. The van der Waals surface area contributed by atoms with Crippen LogP contribution in [0.2, 0.25) is 0 Å². The van der Waals surface area contributed by atoms with E-state index in [0.717, 1.165) is 11.3 Å². The molecule has 2 N–H and O–H groups in total. The Balaban J connectivity index is 1.81. The van der Waals surface area contributed by atoms with Crippen molar-refractivity contribution in [2.75, 3.05) is 11.1 Å². The molecule has 0 saturated carbocycles. The van der Waals surface area contributed by atoms with Gasteiger partial charge in [0, 0.05) is 28.6 Å². The number of para-hydroxylation sites is 1. The summed E-state index contributed by atoms with van der Waals surface area (Å²) in [5.41, 5.74) is 1.98. The summed E-state index contributed by atoms with van der Waals surface area (Å²) in [7, 11) is 0. The van der Waals surface area contributed by atoms with E-state index in [4.69, 9.17) is 4.74 Å². The Hall–Kier alpha value is -3.66. The molecule has 0 amide bonds. The zero-order valence-corrected chi connectivity index (χ0v) is 15.8.